The summed E-state index contributed by atoms with van der Waals surface area (Å²) in [6.45, 7) is 0.493. The van der Waals surface area contributed by atoms with Gasteiger partial charge in [-0.15, -0.1) is 0 Å². The van der Waals surface area contributed by atoms with Gasteiger partial charge >= 0.3 is 0 Å². The van der Waals surface area contributed by atoms with E-state index in [0.29, 0.717) is 29.4 Å². The predicted molar refractivity (Wildman–Crippen MR) is 69.3 cm³/mol. The first-order valence-corrected chi connectivity index (χ1v) is 6.08. The highest BCUT2D eigenvalue weighted by Gasteiger charge is 2.09. The zero-order valence-corrected chi connectivity index (χ0v) is 11.1. The number of hydrogen-bond acceptors (Lipinski definition) is 2. The minimum absolute atomic E-state index is 0.00449. The number of amides is 1. The molecule has 3 nitrogen and oxygen atoms in total. The lowest BCUT2D eigenvalue weighted by molar-refractivity contribution is -0.130. The molecule has 94 valence electrons. The molecular weight excluding hydrogens is 261 g/mol. The normalized spacial score (nSPS) is 10.4. The number of aliphatic hydroxyl groups is 1. The second-order valence-corrected chi connectivity index (χ2v) is 4.73. The lowest BCUT2D eigenvalue weighted by Crippen LogP contribution is -2.26. The van der Waals surface area contributed by atoms with Crippen molar-refractivity contribution >= 4 is 29.1 Å². The molecule has 1 rings (SSSR count). The summed E-state index contributed by atoms with van der Waals surface area (Å²) < 4.78 is 0. The number of hydrogen-bond donors (Lipinski definition) is 1. The van der Waals surface area contributed by atoms with Crippen molar-refractivity contribution in [3.8, 4) is 0 Å². The first-order valence-electron chi connectivity index (χ1n) is 5.32. The molecule has 0 saturated heterocycles. The van der Waals surface area contributed by atoms with Crippen LogP contribution in [0, 0.1) is 0 Å². The average Bonchev–Trinajstić information content (AvgIpc) is 2.24. The molecule has 0 bridgehead atoms. The molecule has 0 aliphatic carbocycles. The molecule has 1 aromatic carbocycles. The van der Waals surface area contributed by atoms with Gasteiger partial charge in [-0.3, -0.25) is 4.79 Å². The fourth-order valence-electron chi connectivity index (χ4n) is 1.49. The van der Waals surface area contributed by atoms with Gasteiger partial charge in [0.1, 0.15) is 0 Å². The molecule has 0 unspecified atom stereocenters. The van der Waals surface area contributed by atoms with E-state index in [1.54, 1.807) is 30.1 Å². The van der Waals surface area contributed by atoms with E-state index in [1.807, 2.05) is 0 Å². The van der Waals surface area contributed by atoms with Gasteiger partial charge in [-0.1, -0.05) is 23.2 Å². The third-order valence-corrected chi connectivity index (χ3v) is 2.75. The predicted octanol–water partition coefficient (Wildman–Crippen LogP) is 2.72. The highest BCUT2D eigenvalue weighted by Crippen LogP contribution is 2.20. The molecular formula is C12H15Cl2NO2. The van der Waals surface area contributed by atoms with Crippen LogP contribution in [0.25, 0.3) is 0 Å². The SMILES string of the molecule is CN(Cc1cc(Cl)cc(Cl)c1)C(=O)CCCO. The van der Waals surface area contributed by atoms with E-state index >= 15 is 0 Å². The Morgan fingerprint density at radius 1 is 1.29 bits per heavy atom. The second kappa shape index (κ2) is 6.84. The monoisotopic (exact) mass is 275 g/mol. The second-order valence-electron chi connectivity index (χ2n) is 3.85. The summed E-state index contributed by atoms with van der Waals surface area (Å²) in [4.78, 5) is 13.2. The lowest BCUT2D eigenvalue weighted by atomic mass is 10.2. The van der Waals surface area contributed by atoms with Crippen molar-refractivity contribution < 1.29 is 9.90 Å². The maximum absolute atomic E-state index is 11.6. The van der Waals surface area contributed by atoms with Gasteiger partial charge in [0.05, 0.1) is 0 Å². The van der Waals surface area contributed by atoms with Crippen molar-refractivity contribution in [2.75, 3.05) is 13.7 Å². The first kappa shape index (κ1) is 14.3. The summed E-state index contributed by atoms with van der Waals surface area (Å²) in [5.74, 6) is -0.00449. The number of rotatable bonds is 5. The first-order chi connectivity index (χ1) is 8.02. The van der Waals surface area contributed by atoms with Crippen LogP contribution in [-0.4, -0.2) is 29.6 Å². The van der Waals surface area contributed by atoms with Crippen LogP contribution in [0.4, 0.5) is 0 Å². The van der Waals surface area contributed by atoms with Gasteiger partial charge in [-0.2, -0.15) is 0 Å². The van der Waals surface area contributed by atoms with Crippen molar-refractivity contribution in [2.45, 2.75) is 19.4 Å². The lowest BCUT2D eigenvalue weighted by Gasteiger charge is -2.17. The van der Waals surface area contributed by atoms with Crippen LogP contribution in [0.2, 0.25) is 10.0 Å². The maximum atomic E-state index is 11.6. The zero-order chi connectivity index (χ0) is 12.8. The van der Waals surface area contributed by atoms with E-state index in [9.17, 15) is 4.79 Å². The van der Waals surface area contributed by atoms with Gasteiger partial charge in [-0.05, 0) is 30.2 Å². The Bertz CT molecular complexity index is 376. The summed E-state index contributed by atoms with van der Waals surface area (Å²) in [6, 6.07) is 5.21. The van der Waals surface area contributed by atoms with E-state index in [4.69, 9.17) is 28.3 Å². The summed E-state index contributed by atoms with van der Waals surface area (Å²) in [5, 5.41) is 9.77. The van der Waals surface area contributed by atoms with Gasteiger partial charge < -0.3 is 10.0 Å². The Morgan fingerprint density at radius 2 is 1.88 bits per heavy atom. The quantitative estimate of drug-likeness (QED) is 0.898. The molecule has 17 heavy (non-hydrogen) atoms. The number of carbonyl (C=O) groups excluding carboxylic acids is 1. The van der Waals surface area contributed by atoms with Crippen LogP contribution in [0.5, 0.6) is 0 Å². The van der Waals surface area contributed by atoms with Crippen LogP contribution in [0.3, 0.4) is 0 Å². The molecule has 0 aromatic heterocycles. The topological polar surface area (TPSA) is 40.5 Å². The van der Waals surface area contributed by atoms with Crippen LogP contribution in [-0.2, 0) is 11.3 Å². The van der Waals surface area contributed by atoms with Crippen molar-refractivity contribution in [3.05, 3.63) is 33.8 Å². The van der Waals surface area contributed by atoms with E-state index in [0.717, 1.165) is 5.56 Å². The van der Waals surface area contributed by atoms with Gasteiger partial charge in [0.25, 0.3) is 0 Å². The van der Waals surface area contributed by atoms with E-state index in [1.165, 1.54) is 0 Å². The standard InChI is InChI=1S/C12H15Cl2NO2/c1-15(12(17)3-2-4-16)8-9-5-10(13)7-11(14)6-9/h5-7,16H,2-4,8H2,1H3. The molecule has 1 aromatic rings. The number of nitrogens with zero attached hydrogens (tertiary/aromatic N) is 1. The average molecular weight is 276 g/mol. The van der Waals surface area contributed by atoms with Crippen LogP contribution in [0.1, 0.15) is 18.4 Å². The summed E-state index contributed by atoms with van der Waals surface area (Å²) in [5.41, 5.74) is 0.891. The molecule has 1 N–H and O–H groups in total. The molecule has 0 atom stereocenters. The molecule has 0 aliphatic rings. The Balaban J connectivity index is 2.60. The minimum atomic E-state index is -0.00449. The molecule has 5 heteroatoms. The van der Waals surface area contributed by atoms with E-state index in [2.05, 4.69) is 0 Å². The zero-order valence-electron chi connectivity index (χ0n) is 9.62. The number of halogens is 2. The van der Waals surface area contributed by atoms with Crippen molar-refractivity contribution in [1.82, 2.24) is 4.90 Å². The largest absolute Gasteiger partial charge is 0.396 e. The van der Waals surface area contributed by atoms with Crippen molar-refractivity contribution in [1.29, 1.82) is 0 Å². The fraction of sp³-hybridized carbons (Fsp3) is 0.417. The molecule has 0 radical (unpaired) electrons. The number of carbonyl (C=O) groups is 1. The van der Waals surface area contributed by atoms with E-state index < -0.39 is 0 Å². The van der Waals surface area contributed by atoms with Gasteiger partial charge in [-0.25, -0.2) is 0 Å². The van der Waals surface area contributed by atoms with Crippen LogP contribution < -0.4 is 0 Å². The molecule has 0 heterocycles. The molecule has 0 spiro atoms. The molecule has 0 saturated carbocycles. The number of aliphatic hydroxyl groups excluding tert-OH is 1. The van der Waals surface area contributed by atoms with Crippen LogP contribution >= 0.6 is 23.2 Å². The van der Waals surface area contributed by atoms with E-state index in [-0.39, 0.29) is 12.5 Å². The third kappa shape index (κ3) is 4.94. The number of benzene rings is 1. The Kier molecular flexibility index (Phi) is 5.75. The Morgan fingerprint density at radius 3 is 2.41 bits per heavy atom. The molecule has 0 fully saturated rings. The Labute approximate surface area is 111 Å². The summed E-state index contributed by atoms with van der Waals surface area (Å²) >= 11 is 11.8. The van der Waals surface area contributed by atoms with Crippen LogP contribution in [0.15, 0.2) is 18.2 Å². The summed E-state index contributed by atoms with van der Waals surface area (Å²) in [7, 11) is 1.72. The van der Waals surface area contributed by atoms with Gasteiger partial charge in [0, 0.05) is 36.7 Å². The van der Waals surface area contributed by atoms with Crippen molar-refractivity contribution in [2.24, 2.45) is 0 Å². The highest BCUT2D eigenvalue weighted by atomic mass is 35.5. The fourth-order valence-corrected chi connectivity index (χ4v) is 2.06. The summed E-state index contributed by atoms with van der Waals surface area (Å²) in [6.07, 6.45) is 0.834. The van der Waals surface area contributed by atoms with Gasteiger partial charge in [0.2, 0.25) is 5.91 Å². The van der Waals surface area contributed by atoms with Gasteiger partial charge in [0.15, 0.2) is 0 Å². The molecule has 0 aliphatic heterocycles. The van der Waals surface area contributed by atoms with Crippen molar-refractivity contribution in [3.63, 3.8) is 0 Å². The smallest absolute Gasteiger partial charge is 0.222 e. The molecule has 1 amide bonds. The third-order valence-electron chi connectivity index (χ3n) is 2.32. The minimum Gasteiger partial charge on any atom is -0.396 e. The maximum Gasteiger partial charge on any atom is 0.222 e. The highest BCUT2D eigenvalue weighted by molar-refractivity contribution is 6.34. The Hall–Kier alpha value is -0.770.